The number of aryl methyl sites for hydroxylation is 1. The molecule has 2 rings (SSSR count). The second-order valence-electron chi connectivity index (χ2n) is 6.10. The summed E-state index contributed by atoms with van der Waals surface area (Å²) >= 11 is 2.04. The molecule has 112 valence electrons. The van der Waals surface area contributed by atoms with E-state index in [4.69, 9.17) is 0 Å². The van der Waals surface area contributed by atoms with Crippen LogP contribution < -0.4 is 5.32 Å². The lowest BCUT2D eigenvalue weighted by Gasteiger charge is -2.31. The Morgan fingerprint density at radius 1 is 1.25 bits per heavy atom. The SMILES string of the molecule is CCCc1ccc(C(C)NC2CCCC(SC)C2)cc1. The minimum atomic E-state index is 0.469. The van der Waals surface area contributed by atoms with Gasteiger partial charge in [0.2, 0.25) is 0 Å². The molecular formula is C18H29NS. The van der Waals surface area contributed by atoms with Crippen molar-refractivity contribution in [2.45, 2.75) is 69.7 Å². The summed E-state index contributed by atoms with van der Waals surface area (Å²) in [5.74, 6) is 0. The largest absolute Gasteiger partial charge is 0.307 e. The summed E-state index contributed by atoms with van der Waals surface area (Å²) in [5, 5.41) is 4.70. The van der Waals surface area contributed by atoms with Gasteiger partial charge in [-0.05, 0) is 50.0 Å². The van der Waals surface area contributed by atoms with Gasteiger partial charge in [0.05, 0.1) is 0 Å². The van der Waals surface area contributed by atoms with Crippen molar-refractivity contribution < 1.29 is 0 Å². The second kappa shape index (κ2) is 8.09. The molecule has 3 atom stereocenters. The molecule has 0 bridgehead atoms. The lowest BCUT2D eigenvalue weighted by molar-refractivity contribution is 0.353. The quantitative estimate of drug-likeness (QED) is 0.794. The molecule has 1 nitrogen and oxygen atoms in total. The second-order valence-corrected chi connectivity index (χ2v) is 7.24. The average molecular weight is 292 g/mol. The van der Waals surface area contributed by atoms with E-state index in [0.29, 0.717) is 12.1 Å². The predicted molar refractivity (Wildman–Crippen MR) is 91.5 cm³/mol. The Morgan fingerprint density at radius 3 is 2.65 bits per heavy atom. The van der Waals surface area contributed by atoms with Gasteiger partial charge in [0.15, 0.2) is 0 Å². The van der Waals surface area contributed by atoms with Crippen molar-refractivity contribution in [3.63, 3.8) is 0 Å². The fraction of sp³-hybridized carbons (Fsp3) is 0.667. The standard InChI is InChI=1S/C18H29NS/c1-4-6-15-9-11-16(12-10-15)14(2)19-17-7-5-8-18(13-17)20-3/h9-12,14,17-19H,4-8,13H2,1-3H3. The van der Waals surface area contributed by atoms with Gasteiger partial charge in [-0.3, -0.25) is 0 Å². The van der Waals surface area contributed by atoms with Crippen LogP contribution in [0.4, 0.5) is 0 Å². The fourth-order valence-corrected chi connectivity index (χ4v) is 4.05. The summed E-state index contributed by atoms with van der Waals surface area (Å²) in [7, 11) is 0. The van der Waals surface area contributed by atoms with Gasteiger partial charge in [-0.25, -0.2) is 0 Å². The number of benzene rings is 1. The van der Waals surface area contributed by atoms with E-state index in [1.807, 2.05) is 11.8 Å². The normalized spacial score (nSPS) is 24.6. The van der Waals surface area contributed by atoms with E-state index in [2.05, 4.69) is 49.7 Å². The van der Waals surface area contributed by atoms with Crippen molar-refractivity contribution >= 4 is 11.8 Å². The molecule has 1 aliphatic rings. The van der Waals surface area contributed by atoms with E-state index in [1.165, 1.54) is 49.7 Å². The van der Waals surface area contributed by atoms with Crippen molar-refractivity contribution in [1.82, 2.24) is 5.32 Å². The topological polar surface area (TPSA) is 12.0 Å². The molecule has 20 heavy (non-hydrogen) atoms. The maximum atomic E-state index is 3.84. The zero-order chi connectivity index (χ0) is 14.4. The highest BCUT2D eigenvalue weighted by atomic mass is 32.2. The fourth-order valence-electron chi connectivity index (χ4n) is 3.22. The molecule has 1 aromatic rings. The van der Waals surface area contributed by atoms with Crippen molar-refractivity contribution in [3.05, 3.63) is 35.4 Å². The first-order valence-electron chi connectivity index (χ1n) is 8.10. The lowest BCUT2D eigenvalue weighted by Crippen LogP contribution is -2.36. The van der Waals surface area contributed by atoms with Crippen LogP contribution in [-0.4, -0.2) is 17.5 Å². The lowest BCUT2D eigenvalue weighted by atomic mass is 9.93. The van der Waals surface area contributed by atoms with Gasteiger partial charge in [-0.15, -0.1) is 0 Å². The van der Waals surface area contributed by atoms with Crippen LogP contribution >= 0.6 is 11.8 Å². The smallest absolute Gasteiger partial charge is 0.0294 e. The third-order valence-electron chi connectivity index (χ3n) is 4.46. The monoisotopic (exact) mass is 291 g/mol. The summed E-state index contributed by atoms with van der Waals surface area (Å²) in [6.45, 7) is 4.54. The zero-order valence-corrected chi connectivity index (χ0v) is 14.0. The average Bonchev–Trinajstić information content (AvgIpc) is 2.48. The van der Waals surface area contributed by atoms with Crippen molar-refractivity contribution in [2.75, 3.05) is 6.26 Å². The Hall–Kier alpha value is -0.470. The van der Waals surface area contributed by atoms with E-state index in [9.17, 15) is 0 Å². The van der Waals surface area contributed by atoms with Crippen molar-refractivity contribution in [1.29, 1.82) is 0 Å². The van der Waals surface area contributed by atoms with Crippen molar-refractivity contribution in [3.8, 4) is 0 Å². The highest BCUT2D eigenvalue weighted by molar-refractivity contribution is 7.99. The third-order valence-corrected chi connectivity index (χ3v) is 5.56. The number of hydrogen-bond acceptors (Lipinski definition) is 2. The molecule has 0 amide bonds. The molecule has 0 heterocycles. The maximum absolute atomic E-state index is 3.84. The van der Waals surface area contributed by atoms with E-state index >= 15 is 0 Å². The molecule has 1 fully saturated rings. The van der Waals surface area contributed by atoms with Gasteiger partial charge in [0, 0.05) is 17.3 Å². The van der Waals surface area contributed by atoms with Gasteiger partial charge in [-0.2, -0.15) is 11.8 Å². The molecule has 1 aliphatic carbocycles. The number of nitrogens with one attached hydrogen (secondary N) is 1. The number of hydrogen-bond donors (Lipinski definition) is 1. The Labute approximate surface area is 128 Å². The highest BCUT2D eigenvalue weighted by Gasteiger charge is 2.22. The molecule has 0 spiro atoms. The molecule has 0 saturated heterocycles. The predicted octanol–water partition coefficient (Wildman–Crippen LogP) is 4.96. The highest BCUT2D eigenvalue weighted by Crippen LogP contribution is 2.28. The van der Waals surface area contributed by atoms with Crippen LogP contribution in [0, 0.1) is 0 Å². The van der Waals surface area contributed by atoms with Crippen LogP contribution in [0.25, 0.3) is 0 Å². The summed E-state index contributed by atoms with van der Waals surface area (Å²) in [4.78, 5) is 0. The molecule has 1 aromatic carbocycles. The Bertz CT molecular complexity index is 387. The number of thioether (sulfide) groups is 1. The Kier molecular flexibility index (Phi) is 6.44. The first-order chi connectivity index (χ1) is 9.72. The Morgan fingerprint density at radius 2 is 2.00 bits per heavy atom. The molecular weight excluding hydrogens is 262 g/mol. The van der Waals surface area contributed by atoms with E-state index in [0.717, 1.165) is 5.25 Å². The third kappa shape index (κ3) is 4.53. The molecule has 2 heteroatoms. The molecule has 3 unspecified atom stereocenters. The van der Waals surface area contributed by atoms with Crippen LogP contribution in [0.1, 0.15) is 63.1 Å². The summed E-state index contributed by atoms with van der Waals surface area (Å²) in [6, 6.07) is 10.4. The van der Waals surface area contributed by atoms with E-state index in [1.54, 1.807) is 0 Å². The summed E-state index contributed by atoms with van der Waals surface area (Å²) < 4.78 is 0. The maximum Gasteiger partial charge on any atom is 0.0294 e. The minimum Gasteiger partial charge on any atom is -0.307 e. The summed E-state index contributed by atoms with van der Waals surface area (Å²) in [5.41, 5.74) is 2.89. The molecule has 0 aliphatic heterocycles. The van der Waals surface area contributed by atoms with Crippen LogP contribution in [0.2, 0.25) is 0 Å². The van der Waals surface area contributed by atoms with Gasteiger partial charge in [0.25, 0.3) is 0 Å². The van der Waals surface area contributed by atoms with Gasteiger partial charge >= 0.3 is 0 Å². The van der Waals surface area contributed by atoms with E-state index in [-0.39, 0.29) is 0 Å². The van der Waals surface area contributed by atoms with Crippen molar-refractivity contribution in [2.24, 2.45) is 0 Å². The van der Waals surface area contributed by atoms with Gasteiger partial charge in [0.1, 0.15) is 0 Å². The van der Waals surface area contributed by atoms with Crippen LogP contribution in [0.5, 0.6) is 0 Å². The minimum absolute atomic E-state index is 0.469. The molecule has 1 saturated carbocycles. The Balaban J connectivity index is 1.88. The first kappa shape index (κ1) is 15.9. The van der Waals surface area contributed by atoms with Gasteiger partial charge < -0.3 is 5.32 Å². The zero-order valence-electron chi connectivity index (χ0n) is 13.2. The van der Waals surface area contributed by atoms with Crippen LogP contribution in [0.15, 0.2) is 24.3 Å². The van der Waals surface area contributed by atoms with Crippen LogP contribution in [0.3, 0.4) is 0 Å². The molecule has 0 radical (unpaired) electrons. The number of rotatable bonds is 6. The van der Waals surface area contributed by atoms with Gasteiger partial charge in [-0.1, -0.05) is 44.0 Å². The van der Waals surface area contributed by atoms with Crippen LogP contribution in [-0.2, 0) is 6.42 Å². The molecule has 1 N–H and O–H groups in total. The molecule has 0 aromatic heterocycles. The van der Waals surface area contributed by atoms with E-state index < -0.39 is 0 Å². The first-order valence-corrected chi connectivity index (χ1v) is 9.39. The summed E-state index contributed by atoms with van der Waals surface area (Å²) in [6.07, 6.45) is 10.1.